The predicted octanol–water partition coefficient (Wildman–Crippen LogP) is 3.38. The summed E-state index contributed by atoms with van der Waals surface area (Å²) in [6.07, 6.45) is -0.353. The third-order valence-electron chi connectivity index (χ3n) is 4.29. The van der Waals surface area contributed by atoms with Gasteiger partial charge >= 0.3 is 13.8 Å². The van der Waals surface area contributed by atoms with E-state index in [0.717, 1.165) is 10.0 Å². The van der Waals surface area contributed by atoms with Gasteiger partial charge in [-0.1, -0.05) is 28.1 Å². The first kappa shape index (κ1) is 26.8. The second kappa shape index (κ2) is 12.3. The summed E-state index contributed by atoms with van der Waals surface area (Å²) in [5, 5.41) is 0. The Kier molecular flexibility index (Phi) is 9.40. The first-order valence-electron chi connectivity index (χ1n) is 10.4. The van der Waals surface area contributed by atoms with E-state index in [0.29, 0.717) is 0 Å². The number of hydrogen-bond donors (Lipinski definition) is 2. The summed E-state index contributed by atoms with van der Waals surface area (Å²) >= 11 is 3.36. The Hall–Kier alpha value is -2.77. The molecular formula is C20H25BrN5O8P. The standard InChI is InChI=1S/C20H25BrN5O8P/c1-13(2)34-20(28)31-11-33-35(29,32-9-14-4-3-5-15(21)8-14)12-30-7-6-26-10-23-16-17(26)24-19(22)25-18(16)27/h3-5,8,10,13H,6-7,9,11-12H2,1-2H3,(H3,22,24,25,27). The van der Waals surface area contributed by atoms with Crippen molar-refractivity contribution in [2.45, 2.75) is 33.1 Å². The first-order chi connectivity index (χ1) is 16.6. The zero-order chi connectivity index (χ0) is 25.4. The lowest BCUT2D eigenvalue weighted by molar-refractivity contribution is -0.0164. The van der Waals surface area contributed by atoms with Gasteiger partial charge in [-0.05, 0) is 31.5 Å². The molecule has 15 heteroatoms. The van der Waals surface area contributed by atoms with Crippen LogP contribution in [0.4, 0.5) is 10.7 Å². The second-order valence-electron chi connectivity index (χ2n) is 7.42. The summed E-state index contributed by atoms with van der Waals surface area (Å²) in [7, 11) is -3.85. The molecule has 0 aliphatic rings. The van der Waals surface area contributed by atoms with Crippen molar-refractivity contribution in [1.29, 1.82) is 0 Å². The molecule has 1 unspecified atom stereocenters. The molecule has 0 bridgehead atoms. The largest absolute Gasteiger partial charge is 0.510 e. The molecule has 0 aliphatic carbocycles. The number of imidazole rings is 1. The van der Waals surface area contributed by atoms with Crippen molar-refractivity contribution < 1.29 is 32.6 Å². The van der Waals surface area contributed by atoms with Crippen LogP contribution in [0.5, 0.6) is 0 Å². The lowest BCUT2D eigenvalue weighted by Crippen LogP contribution is -2.16. The van der Waals surface area contributed by atoms with Gasteiger partial charge in [-0.15, -0.1) is 0 Å². The molecule has 0 aliphatic heterocycles. The van der Waals surface area contributed by atoms with E-state index in [1.807, 2.05) is 6.07 Å². The van der Waals surface area contributed by atoms with Crippen molar-refractivity contribution in [2.75, 3.05) is 25.5 Å². The quantitative estimate of drug-likeness (QED) is 0.141. The molecule has 1 atom stereocenters. The molecule has 0 spiro atoms. The fourth-order valence-corrected chi connectivity index (χ4v) is 4.35. The Morgan fingerprint density at radius 1 is 1.31 bits per heavy atom. The lowest BCUT2D eigenvalue weighted by Gasteiger charge is -2.19. The summed E-state index contributed by atoms with van der Waals surface area (Å²) in [5.74, 6) is -0.0417. The fourth-order valence-electron chi connectivity index (χ4n) is 2.77. The highest BCUT2D eigenvalue weighted by atomic mass is 79.9. The molecule has 13 nitrogen and oxygen atoms in total. The Morgan fingerprint density at radius 3 is 2.86 bits per heavy atom. The summed E-state index contributed by atoms with van der Waals surface area (Å²) in [6, 6.07) is 7.23. The van der Waals surface area contributed by atoms with Crippen LogP contribution in [-0.2, 0) is 41.0 Å². The van der Waals surface area contributed by atoms with E-state index in [1.54, 1.807) is 36.6 Å². The van der Waals surface area contributed by atoms with Crippen molar-refractivity contribution in [3.05, 3.63) is 51.0 Å². The molecule has 2 aromatic heterocycles. The van der Waals surface area contributed by atoms with Gasteiger partial charge < -0.3 is 29.0 Å². The zero-order valence-electron chi connectivity index (χ0n) is 19.0. The monoisotopic (exact) mass is 573 g/mol. The molecule has 35 heavy (non-hydrogen) atoms. The van der Waals surface area contributed by atoms with Gasteiger partial charge in [0.15, 0.2) is 11.2 Å². The molecule has 0 amide bonds. The second-order valence-corrected chi connectivity index (χ2v) is 10.3. The Bertz CT molecular complexity index is 1260. The number of nitrogens with one attached hydrogen (secondary N) is 1. The number of ether oxygens (including phenoxy) is 3. The minimum absolute atomic E-state index is 0.0331. The molecule has 3 rings (SSSR count). The Labute approximate surface area is 208 Å². The van der Waals surface area contributed by atoms with E-state index in [4.69, 9.17) is 29.0 Å². The Balaban J connectivity index is 1.59. The highest BCUT2D eigenvalue weighted by molar-refractivity contribution is 9.10. The van der Waals surface area contributed by atoms with Gasteiger partial charge in [-0.25, -0.2) is 9.78 Å². The number of aromatic nitrogens is 4. The van der Waals surface area contributed by atoms with Gasteiger partial charge in [0, 0.05) is 11.0 Å². The number of nitrogens with two attached hydrogens (primary N) is 1. The van der Waals surface area contributed by atoms with Gasteiger partial charge in [0.25, 0.3) is 5.56 Å². The van der Waals surface area contributed by atoms with E-state index < -0.39 is 32.5 Å². The number of nitrogens with zero attached hydrogens (tertiary/aromatic N) is 3. The molecule has 1 aromatic carbocycles. The van der Waals surface area contributed by atoms with Crippen LogP contribution in [0, 0.1) is 0 Å². The highest BCUT2D eigenvalue weighted by Crippen LogP contribution is 2.49. The average Bonchev–Trinajstić information content (AvgIpc) is 3.18. The van der Waals surface area contributed by atoms with Crippen molar-refractivity contribution >= 4 is 46.8 Å². The maximum absolute atomic E-state index is 13.2. The van der Waals surface area contributed by atoms with Gasteiger partial charge in [-0.2, -0.15) is 4.98 Å². The van der Waals surface area contributed by atoms with Crippen molar-refractivity contribution in [2.24, 2.45) is 0 Å². The molecule has 3 aromatic rings. The fraction of sp³-hybridized carbons (Fsp3) is 0.400. The molecule has 0 saturated heterocycles. The first-order valence-corrected chi connectivity index (χ1v) is 12.9. The molecule has 190 valence electrons. The maximum atomic E-state index is 13.2. The number of halogens is 1. The van der Waals surface area contributed by atoms with Crippen LogP contribution < -0.4 is 11.3 Å². The number of benzene rings is 1. The summed E-state index contributed by atoms with van der Waals surface area (Å²) in [6.45, 7) is 2.92. The van der Waals surface area contributed by atoms with Gasteiger partial charge in [0.05, 0.1) is 25.6 Å². The zero-order valence-corrected chi connectivity index (χ0v) is 21.5. The van der Waals surface area contributed by atoms with Crippen LogP contribution in [-0.4, -0.2) is 51.5 Å². The number of aromatic amines is 1. The van der Waals surface area contributed by atoms with E-state index in [2.05, 4.69) is 30.9 Å². The van der Waals surface area contributed by atoms with Crippen molar-refractivity contribution in [1.82, 2.24) is 19.5 Å². The molecular weight excluding hydrogens is 549 g/mol. The van der Waals surface area contributed by atoms with Crippen LogP contribution in [0.2, 0.25) is 0 Å². The van der Waals surface area contributed by atoms with E-state index in [1.165, 1.54) is 6.33 Å². The van der Waals surface area contributed by atoms with Crippen molar-refractivity contribution in [3.8, 4) is 0 Å². The topological polar surface area (TPSA) is 170 Å². The summed E-state index contributed by atoms with van der Waals surface area (Å²) in [4.78, 5) is 33.9. The molecule has 2 heterocycles. The Morgan fingerprint density at radius 2 is 2.11 bits per heavy atom. The van der Waals surface area contributed by atoms with Crippen LogP contribution >= 0.6 is 23.5 Å². The molecule has 0 fully saturated rings. The number of rotatable bonds is 12. The van der Waals surface area contributed by atoms with Gasteiger partial charge in [-0.3, -0.25) is 18.9 Å². The van der Waals surface area contributed by atoms with E-state index in [-0.39, 0.29) is 43.0 Å². The number of nitrogen functional groups attached to an aromatic ring is 1. The summed E-state index contributed by atoms with van der Waals surface area (Å²) < 4.78 is 41.6. The van der Waals surface area contributed by atoms with Crippen molar-refractivity contribution in [3.63, 3.8) is 0 Å². The SMILES string of the molecule is CC(C)OC(=O)OCOP(=O)(COCCn1cnc2c(=O)[nH]c(N)nc21)OCc1cccc(Br)c1. The van der Waals surface area contributed by atoms with Crippen LogP contribution in [0.1, 0.15) is 19.4 Å². The number of fused-ring (bicyclic) bond motifs is 1. The number of anilines is 1. The smallest absolute Gasteiger partial charge is 0.432 e. The van der Waals surface area contributed by atoms with Gasteiger partial charge in [0.1, 0.15) is 6.35 Å². The highest BCUT2D eigenvalue weighted by Gasteiger charge is 2.27. The number of carbonyl (C=O) groups is 1. The van der Waals surface area contributed by atoms with E-state index in [9.17, 15) is 14.2 Å². The minimum atomic E-state index is -3.85. The number of hydrogen-bond acceptors (Lipinski definition) is 11. The summed E-state index contributed by atoms with van der Waals surface area (Å²) in [5.41, 5.74) is 6.30. The van der Waals surface area contributed by atoms with Crippen LogP contribution in [0.3, 0.4) is 0 Å². The third-order valence-corrected chi connectivity index (χ3v) is 6.31. The maximum Gasteiger partial charge on any atom is 0.510 e. The number of H-pyrrole nitrogens is 1. The van der Waals surface area contributed by atoms with Crippen LogP contribution in [0.25, 0.3) is 11.2 Å². The third kappa shape index (κ3) is 8.15. The molecule has 0 radical (unpaired) electrons. The average molecular weight is 574 g/mol. The van der Waals surface area contributed by atoms with E-state index >= 15 is 0 Å². The normalized spacial score (nSPS) is 13.1. The van der Waals surface area contributed by atoms with Crippen LogP contribution in [0.15, 0.2) is 39.9 Å². The predicted molar refractivity (Wildman–Crippen MR) is 129 cm³/mol. The molecule has 3 N–H and O–H groups in total. The number of carbonyl (C=O) groups excluding carboxylic acids is 1. The minimum Gasteiger partial charge on any atom is -0.432 e. The lowest BCUT2D eigenvalue weighted by atomic mass is 10.2. The van der Waals surface area contributed by atoms with Gasteiger partial charge in [0.2, 0.25) is 12.7 Å². The molecule has 0 saturated carbocycles.